The summed E-state index contributed by atoms with van der Waals surface area (Å²) >= 11 is 0. The Balaban J connectivity index is 1.85. The molecule has 1 aromatic carbocycles. The maximum Gasteiger partial charge on any atom is 0.269 e. The molecular formula is C12H15N2O4+. The van der Waals surface area contributed by atoms with Crippen molar-refractivity contribution in [3.05, 3.63) is 39.9 Å². The molecule has 3 atom stereocenters. The van der Waals surface area contributed by atoms with Crippen LogP contribution in [0.2, 0.25) is 0 Å². The minimum absolute atomic E-state index is 0.0293. The number of non-ortho nitro benzene ring substituents is 1. The molecular weight excluding hydrogens is 236 g/mol. The number of fused-ring (bicyclic) bond motifs is 1. The summed E-state index contributed by atoms with van der Waals surface area (Å²) in [5, 5.41) is 10.6. The second kappa shape index (κ2) is 4.01. The smallest absolute Gasteiger partial charge is 0.269 e. The van der Waals surface area contributed by atoms with Crippen molar-refractivity contribution in [2.75, 3.05) is 27.1 Å². The summed E-state index contributed by atoms with van der Waals surface area (Å²) in [5.74, 6) is 0. The van der Waals surface area contributed by atoms with Gasteiger partial charge in [-0.05, 0) is 17.7 Å². The van der Waals surface area contributed by atoms with Crippen LogP contribution in [-0.4, -0.2) is 42.6 Å². The standard InChI is InChI=1S/C12H15N2O4/c1-14-7-17-6-11(14)12(18-8-14)9-2-4-10(5-3-9)13(15)16/h2-5,11-12H,6-8H2,1H3/q+1/t11-,12-,14?/m1/s1. The van der Waals surface area contributed by atoms with E-state index < -0.39 is 4.92 Å². The van der Waals surface area contributed by atoms with E-state index in [1.807, 2.05) is 0 Å². The van der Waals surface area contributed by atoms with Crippen molar-refractivity contribution in [3.8, 4) is 0 Å². The molecule has 2 fully saturated rings. The van der Waals surface area contributed by atoms with Gasteiger partial charge in [0.05, 0.1) is 12.0 Å². The number of nitrogens with zero attached hydrogens (tertiary/aromatic N) is 2. The Hall–Kier alpha value is -1.50. The minimum atomic E-state index is -0.391. The van der Waals surface area contributed by atoms with Crippen molar-refractivity contribution >= 4 is 5.69 Å². The molecule has 6 nitrogen and oxygen atoms in total. The van der Waals surface area contributed by atoms with Crippen molar-refractivity contribution in [3.63, 3.8) is 0 Å². The van der Waals surface area contributed by atoms with E-state index in [2.05, 4.69) is 7.05 Å². The van der Waals surface area contributed by atoms with E-state index in [0.717, 1.165) is 10.0 Å². The molecule has 6 heteroatoms. The fourth-order valence-electron chi connectivity index (χ4n) is 2.67. The van der Waals surface area contributed by atoms with Crippen molar-refractivity contribution in [2.24, 2.45) is 0 Å². The molecule has 0 aromatic heterocycles. The lowest BCUT2D eigenvalue weighted by atomic mass is 10.0. The third kappa shape index (κ3) is 1.69. The fraction of sp³-hybridized carbons (Fsp3) is 0.500. The molecule has 2 aliphatic heterocycles. The van der Waals surface area contributed by atoms with E-state index >= 15 is 0 Å². The average molecular weight is 251 g/mol. The Kier molecular flexibility index (Phi) is 2.58. The average Bonchev–Trinajstić information content (AvgIpc) is 2.86. The SMILES string of the molecule is C[N+]12COC[C@@H]1[C@@H](c1ccc([N+](=O)[O-])cc1)OC2. The highest BCUT2D eigenvalue weighted by Gasteiger charge is 2.51. The number of ether oxygens (including phenoxy) is 2. The summed E-state index contributed by atoms with van der Waals surface area (Å²) in [6, 6.07) is 6.88. The number of benzene rings is 1. The molecule has 0 radical (unpaired) electrons. The van der Waals surface area contributed by atoms with Crippen LogP contribution in [0.25, 0.3) is 0 Å². The molecule has 2 saturated heterocycles. The molecule has 0 spiro atoms. The van der Waals surface area contributed by atoms with Gasteiger partial charge in [0.15, 0.2) is 13.5 Å². The molecule has 96 valence electrons. The normalized spacial score (nSPS) is 34.5. The lowest BCUT2D eigenvalue weighted by Gasteiger charge is -2.25. The zero-order chi connectivity index (χ0) is 12.8. The largest absolute Gasteiger partial charge is 0.325 e. The number of quaternary nitrogens is 1. The van der Waals surface area contributed by atoms with Gasteiger partial charge in [-0.3, -0.25) is 14.6 Å². The minimum Gasteiger partial charge on any atom is -0.325 e. The Morgan fingerprint density at radius 1 is 1.33 bits per heavy atom. The van der Waals surface area contributed by atoms with E-state index in [9.17, 15) is 10.1 Å². The zero-order valence-electron chi connectivity index (χ0n) is 10.1. The summed E-state index contributed by atoms with van der Waals surface area (Å²) in [6.45, 7) is 1.98. The molecule has 0 amide bonds. The quantitative estimate of drug-likeness (QED) is 0.453. The number of rotatable bonds is 2. The van der Waals surface area contributed by atoms with Crippen LogP contribution in [-0.2, 0) is 9.47 Å². The number of hydrogen-bond donors (Lipinski definition) is 0. The van der Waals surface area contributed by atoms with Gasteiger partial charge in [-0.1, -0.05) is 0 Å². The van der Waals surface area contributed by atoms with E-state index in [1.54, 1.807) is 12.1 Å². The number of likely N-dealkylation sites (N-methyl/N-ethyl adjacent to an activating group) is 1. The van der Waals surface area contributed by atoms with Gasteiger partial charge in [0.25, 0.3) is 5.69 Å². The maximum absolute atomic E-state index is 10.6. The van der Waals surface area contributed by atoms with Crippen LogP contribution in [0.4, 0.5) is 5.69 Å². The zero-order valence-corrected chi connectivity index (χ0v) is 10.1. The Morgan fingerprint density at radius 2 is 2.06 bits per heavy atom. The number of nitro groups is 1. The third-order valence-corrected chi connectivity index (χ3v) is 3.81. The van der Waals surface area contributed by atoms with Crippen LogP contribution in [0.5, 0.6) is 0 Å². The maximum atomic E-state index is 10.6. The fourth-order valence-corrected chi connectivity index (χ4v) is 2.67. The van der Waals surface area contributed by atoms with Gasteiger partial charge < -0.3 is 9.47 Å². The summed E-state index contributed by atoms with van der Waals surface area (Å²) in [4.78, 5) is 10.2. The Morgan fingerprint density at radius 3 is 2.72 bits per heavy atom. The lowest BCUT2D eigenvalue weighted by molar-refractivity contribution is -0.925. The first-order chi connectivity index (χ1) is 8.60. The summed E-state index contributed by atoms with van der Waals surface area (Å²) < 4.78 is 12.1. The topological polar surface area (TPSA) is 61.6 Å². The second-order valence-corrected chi connectivity index (χ2v) is 5.11. The van der Waals surface area contributed by atoms with Crippen molar-refractivity contribution < 1.29 is 18.9 Å². The van der Waals surface area contributed by atoms with Crippen LogP contribution in [0.15, 0.2) is 24.3 Å². The summed E-state index contributed by atoms with van der Waals surface area (Å²) in [6.07, 6.45) is -0.0293. The first-order valence-corrected chi connectivity index (χ1v) is 5.88. The predicted molar refractivity (Wildman–Crippen MR) is 62.6 cm³/mol. The van der Waals surface area contributed by atoms with Gasteiger partial charge >= 0.3 is 0 Å². The van der Waals surface area contributed by atoms with Crippen molar-refractivity contribution in [2.45, 2.75) is 12.1 Å². The molecule has 2 aliphatic rings. The highest BCUT2D eigenvalue weighted by molar-refractivity contribution is 5.34. The van der Waals surface area contributed by atoms with Crippen LogP contribution < -0.4 is 0 Å². The van der Waals surface area contributed by atoms with Crippen molar-refractivity contribution in [1.82, 2.24) is 0 Å². The van der Waals surface area contributed by atoms with Gasteiger partial charge in [0.1, 0.15) is 18.8 Å². The molecule has 1 aromatic rings. The number of nitro benzene ring substituents is 1. The first kappa shape index (κ1) is 11.6. The Bertz CT molecular complexity index is 475. The second-order valence-electron chi connectivity index (χ2n) is 5.11. The molecule has 3 rings (SSSR count). The molecule has 0 bridgehead atoms. The monoisotopic (exact) mass is 251 g/mol. The summed E-state index contributed by atoms with van der Waals surface area (Å²) in [5.41, 5.74) is 1.09. The molecule has 0 aliphatic carbocycles. The highest BCUT2D eigenvalue weighted by Crippen LogP contribution is 2.38. The molecule has 1 unspecified atom stereocenters. The predicted octanol–water partition coefficient (Wildman–Crippen LogP) is 1.43. The van der Waals surface area contributed by atoms with Crippen molar-refractivity contribution in [1.29, 1.82) is 0 Å². The summed E-state index contributed by atoms with van der Waals surface area (Å²) in [7, 11) is 2.11. The third-order valence-electron chi connectivity index (χ3n) is 3.81. The van der Waals surface area contributed by atoms with Gasteiger partial charge in [0.2, 0.25) is 0 Å². The van der Waals surface area contributed by atoms with Gasteiger partial charge in [-0.2, -0.15) is 0 Å². The molecule has 0 N–H and O–H groups in total. The van der Waals surface area contributed by atoms with E-state index in [-0.39, 0.29) is 17.8 Å². The van der Waals surface area contributed by atoms with Crippen LogP contribution in [0.3, 0.4) is 0 Å². The van der Waals surface area contributed by atoms with Crippen LogP contribution in [0, 0.1) is 10.1 Å². The molecule has 18 heavy (non-hydrogen) atoms. The number of hydrogen-bond acceptors (Lipinski definition) is 4. The van der Waals surface area contributed by atoms with Gasteiger partial charge in [-0.25, -0.2) is 0 Å². The lowest BCUT2D eigenvalue weighted by Crippen LogP contribution is -2.45. The van der Waals surface area contributed by atoms with Gasteiger partial charge in [-0.15, -0.1) is 0 Å². The molecule has 0 saturated carbocycles. The highest BCUT2D eigenvalue weighted by atomic mass is 16.6. The van der Waals surface area contributed by atoms with Crippen LogP contribution >= 0.6 is 0 Å². The van der Waals surface area contributed by atoms with E-state index in [1.165, 1.54) is 12.1 Å². The Labute approximate surface area is 104 Å². The van der Waals surface area contributed by atoms with Gasteiger partial charge in [0, 0.05) is 12.1 Å². The molecule has 2 heterocycles. The van der Waals surface area contributed by atoms with E-state index in [4.69, 9.17) is 9.47 Å². The van der Waals surface area contributed by atoms with Crippen LogP contribution in [0.1, 0.15) is 11.7 Å². The first-order valence-electron chi connectivity index (χ1n) is 5.88. The van der Waals surface area contributed by atoms with E-state index in [0.29, 0.717) is 20.1 Å².